The van der Waals surface area contributed by atoms with E-state index in [-0.39, 0.29) is 37.6 Å². The first-order chi connectivity index (χ1) is 23.2. The molecule has 0 bridgehead atoms. The summed E-state index contributed by atoms with van der Waals surface area (Å²) in [5.74, 6) is 0.811. The van der Waals surface area contributed by atoms with Crippen LogP contribution < -0.4 is 19.9 Å². The van der Waals surface area contributed by atoms with Crippen molar-refractivity contribution in [3.63, 3.8) is 0 Å². The Morgan fingerprint density at radius 2 is 1.83 bits per heavy atom. The van der Waals surface area contributed by atoms with Crippen molar-refractivity contribution in [1.82, 2.24) is 20.2 Å². The number of rotatable bonds is 8. The first-order valence-corrected chi connectivity index (χ1v) is 16.3. The number of nitrogens with zero attached hydrogens (tertiary/aromatic N) is 6. The van der Waals surface area contributed by atoms with E-state index in [1.165, 1.54) is 16.5 Å². The van der Waals surface area contributed by atoms with Gasteiger partial charge in [-0.25, -0.2) is 4.79 Å². The Morgan fingerprint density at radius 3 is 2.67 bits per heavy atom. The number of hydrogen-bond donors (Lipinski definition) is 1. The number of ether oxygens (including phenoxy) is 3. The number of fused-ring (bicyclic) bond motifs is 2. The van der Waals surface area contributed by atoms with Crippen LogP contribution in [0, 0.1) is 11.3 Å². The van der Waals surface area contributed by atoms with Gasteiger partial charge in [0, 0.05) is 55.9 Å². The monoisotopic (exact) mass is 669 g/mol. The lowest BCUT2D eigenvalue weighted by atomic mass is 10.0. The minimum atomic E-state index is -0.408. The maximum Gasteiger partial charge on any atom is 0.410 e. The number of benzene rings is 3. The molecule has 0 spiro atoms. The summed E-state index contributed by atoms with van der Waals surface area (Å²) < 4.78 is 17.7. The number of hydrogen-bond acceptors (Lipinski definition) is 10. The molecule has 7 rings (SSSR count). The number of nitrogens with one attached hydrogen (secondary N) is 1. The predicted octanol–water partition coefficient (Wildman–Crippen LogP) is 4.72. The minimum absolute atomic E-state index is 0. The van der Waals surface area contributed by atoms with Gasteiger partial charge in [-0.3, -0.25) is 0 Å². The minimum Gasteiger partial charge on any atom is -0.461 e. The fraction of sp³-hybridized carbons (Fsp3) is 0.389. The van der Waals surface area contributed by atoms with E-state index in [1.54, 1.807) is 4.90 Å². The Hall–Kier alpha value is -4.63. The number of carbonyl (C=O) groups excluding carboxylic acids is 1. The van der Waals surface area contributed by atoms with Crippen molar-refractivity contribution in [2.75, 3.05) is 62.3 Å². The number of amides is 1. The van der Waals surface area contributed by atoms with Crippen LogP contribution in [0.5, 0.6) is 6.01 Å². The summed E-state index contributed by atoms with van der Waals surface area (Å²) in [6.45, 7) is 5.56. The van der Waals surface area contributed by atoms with E-state index in [9.17, 15) is 10.1 Å². The van der Waals surface area contributed by atoms with E-state index in [4.69, 9.17) is 24.2 Å². The number of morpholine rings is 1. The van der Waals surface area contributed by atoms with Gasteiger partial charge in [-0.1, -0.05) is 66.7 Å². The Bertz CT molecular complexity index is 1740. The molecule has 1 unspecified atom stereocenters. The number of anilines is 2. The zero-order valence-electron chi connectivity index (χ0n) is 26.8. The Morgan fingerprint density at radius 1 is 1.00 bits per heavy atom. The molecule has 11 nitrogen and oxygen atoms in total. The molecule has 4 aromatic rings. The van der Waals surface area contributed by atoms with Crippen LogP contribution >= 0.6 is 12.4 Å². The molecule has 48 heavy (non-hydrogen) atoms. The molecule has 4 heterocycles. The number of piperazine rings is 1. The molecule has 1 amide bonds. The quantitative estimate of drug-likeness (QED) is 0.283. The maximum absolute atomic E-state index is 13.2. The molecule has 3 aliphatic heterocycles. The van der Waals surface area contributed by atoms with E-state index in [1.807, 2.05) is 30.3 Å². The summed E-state index contributed by atoms with van der Waals surface area (Å²) >= 11 is 0. The molecule has 2 atom stereocenters. The Kier molecular flexibility index (Phi) is 10.8. The third-order valence-electron chi connectivity index (χ3n) is 9.08. The highest BCUT2D eigenvalue weighted by molar-refractivity contribution is 5.94. The van der Waals surface area contributed by atoms with Crippen molar-refractivity contribution in [1.29, 1.82) is 5.26 Å². The Labute approximate surface area is 286 Å². The fourth-order valence-electron chi connectivity index (χ4n) is 6.67. The lowest BCUT2D eigenvalue weighted by Crippen LogP contribution is -2.55. The van der Waals surface area contributed by atoms with Crippen molar-refractivity contribution in [2.45, 2.75) is 38.1 Å². The van der Waals surface area contributed by atoms with Gasteiger partial charge in [0.1, 0.15) is 25.1 Å². The maximum atomic E-state index is 13.2. The van der Waals surface area contributed by atoms with Crippen LogP contribution in [0.25, 0.3) is 10.8 Å². The van der Waals surface area contributed by atoms with Crippen molar-refractivity contribution in [2.24, 2.45) is 0 Å². The van der Waals surface area contributed by atoms with Gasteiger partial charge in [0.2, 0.25) is 0 Å². The molecule has 2 saturated heterocycles. The second-order valence-electron chi connectivity index (χ2n) is 12.1. The van der Waals surface area contributed by atoms with Gasteiger partial charge in [-0.2, -0.15) is 15.2 Å². The highest BCUT2D eigenvalue weighted by Gasteiger charge is 2.35. The van der Waals surface area contributed by atoms with Gasteiger partial charge in [-0.15, -0.1) is 12.4 Å². The van der Waals surface area contributed by atoms with Crippen molar-refractivity contribution < 1.29 is 19.0 Å². The molecule has 0 radical (unpaired) electrons. The predicted molar refractivity (Wildman–Crippen MR) is 186 cm³/mol. The standard InChI is InChI=1S/C36H39N7O4.ClH/c37-15-13-28-22-42(18-19-43(28)36(44)47-24-26-7-2-1-3-8-26)34-31-14-17-41(33-12-6-10-27-9-4-5-11-30(27)33)23-32(31)39-35(40-34)46-25-29-21-38-16-20-45-29;/h1-12,28-29,38H,13-14,16-25H2;1H/t28?,29-;/m1./s1. The first kappa shape index (κ1) is 33.3. The largest absolute Gasteiger partial charge is 0.461 e. The molecule has 12 heteroatoms. The molecular formula is C36H40ClN7O4. The molecule has 2 fully saturated rings. The topological polar surface area (TPSA) is 116 Å². The van der Waals surface area contributed by atoms with E-state index >= 15 is 0 Å². The van der Waals surface area contributed by atoms with E-state index < -0.39 is 6.09 Å². The van der Waals surface area contributed by atoms with Crippen LogP contribution in [-0.2, 0) is 29.0 Å². The average molecular weight is 670 g/mol. The Balaban J connectivity index is 0.00000401. The van der Waals surface area contributed by atoms with E-state index in [0.717, 1.165) is 42.1 Å². The molecule has 0 aliphatic carbocycles. The molecule has 3 aliphatic rings. The van der Waals surface area contributed by atoms with Crippen molar-refractivity contribution in [3.05, 3.63) is 89.6 Å². The molecular weight excluding hydrogens is 630 g/mol. The highest BCUT2D eigenvalue weighted by atomic mass is 35.5. The summed E-state index contributed by atoms with van der Waals surface area (Å²) in [5.41, 5.74) is 4.10. The molecule has 250 valence electrons. The van der Waals surface area contributed by atoms with Gasteiger partial charge in [0.25, 0.3) is 0 Å². The van der Waals surface area contributed by atoms with Gasteiger partial charge >= 0.3 is 12.1 Å². The second-order valence-corrected chi connectivity index (χ2v) is 12.1. The lowest BCUT2D eigenvalue weighted by molar-refractivity contribution is -0.00183. The third kappa shape index (κ3) is 7.41. The number of halogens is 1. The highest BCUT2D eigenvalue weighted by Crippen LogP contribution is 2.35. The lowest BCUT2D eigenvalue weighted by Gasteiger charge is -2.42. The van der Waals surface area contributed by atoms with E-state index in [0.29, 0.717) is 51.9 Å². The van der Waals surface area contributed by atoms with Gasteiger partial charge in [-0.05, 0) is 23.4 Å². The van der Waals surface area contributed by atoms with Crippen LogP contribution in [0.1, 0.15) is 23.2 Å². The summed E-state index contributed by atoms with van der Waals surface area (Å²) in [5, 5.41) is 15.5. The van der Waals surface area contributed by atoms with Crippen molar-refractivity contribution >= 4 is 40.8 Å². The summed E-state index contributed by atoms with van der Waals surface area (Å²) in [6, 6.07) is 26.7. The van der Waals surface area contributed by atoms with Crippen LogP contribution in [0.2, 0.25) is 0 Å². The fourth-order valence-corrected chi connectivity index (χ4v) is 6.67. The van der Waals surface area contributed by atoms with Gasteiger partial charge in [0.15, 0.2) is 0 Å². The zero-order chi connectivity index (χ0) is 32.0. The smallest absolute Gasteiger partial charge is 0.410 e. The van der Waals surface area contributed by atoms with E-state index in [2.05, 4.69) is 63.7 Å². The summed E-state index contributed by atoms with van der Waals surface area (Å²) in [7, 11) is 0. The van der Waals surface area contributed by atoms with Crippen molar-refractivity contribution in [3.8, 4) is 12.1 Å². The number of nitriles is 1. The second kappa shape index (κ2) is 15.5. The average Bonchev–Trinajstić information content (AvgIpc) is 3.13. The summed E-state index contributed by atoms with van der Waals surface area (Å²) in [4.78, 5) is 29.3. The first-order valence-electron chi connectivity index (χ1n) is 16.3. The molecule has 0 saturated carbocycles. The van der Waals surface area contributed by atoms with Crippen LogP contribution in [0.4, 0.5) is 16.3 Å². The van der Waals surface area contributed by atoms with Gasteiger partial charge < -0.3 is 34.2 Å². The third-order valence-corrected chi connectivity index (χ3v) is 9.08. The van der Waals surface area contributed by atoms with Crippen LogP contribution in [0.3, 0.4) is 0 Å². The zero-order valence-corrected chi connectivity index (χ0v) is 27.6. The normalized spacial score (nSPS) is 19.2. The van der Waals surface area contributed by atoms with Crippen LogP contribution in [-0.4, -0.2) is 85.6 Å². The number of aromatic nitrogens is 2. The van der Waals surface area contributed by atoms with Gasteiger partial charge in [0.05, 0.1) is 37.4 Å². The molecule has 1 N–H and O–H groups in total. The molecule has 1 aromatic heterocycles. The van der Waals surface area contributed by atoms with Crippen LogP contribution in [0.15, 0.2) is 72.8 Å². The number of carbonyl (C=O) groups is 1. The SMILES string of the molecule is Cl.N#CCC1CN(c2nc(OC[C@H]3CNCCO3)nc3c2CCN(c2cccc4ccccc24)C3)CCN1C(=O)OCc1ccccc1. The molecule has 3 aromatic carbocycles. The summed E-state index contributed by atoms with van der Waals surface area (Å²) in [6.07, 6.45) is 0.458.